The zero-order valence-electron chi connectivity index (χ0n) is 13.0. The summed E-state index contributed by atoms with van der Waals surface area (Å²) in [5.41, 5.74) is 4.17. The first-order chi connectivity index (χ1) is 10.9. The molecule has 1 aromatic heterocycles. The van der Waals surface area contributed by atoms with Gasteiger partial charge >= 0.3 is 0 Å². The third-order valence-electron chi connectivity index (χ3n) is 4.38. The summed E-state index contributed by atoms with van der Waals surface area (Å²) in [6.45, 7) is 2.11. The van der Waals surface area contributed by atoms with Crippen molar-refractivity contribution in [3.63, 3.8) is 0 Å². The number of hydrogen-bond acceptors (Lipinski definition) is 2. The van der Waals surface area contributed by atoms with Crippen molar-refractivity contribution in [2.24, 2.45) is 5.92 Å². The molecule has 0 radical (unpaired) electrons. The molecule has 2 heteroatoms. The molecule has 2 aromatic rings. The maximum absolute atomic E-state index is 4.27. The number of allylic oxidation sites excluding steroid dienone is 1. The monoisotopic (exact) mass is 292 g/mol. The Morgan fingerprint density at radius 2 is 2.00 bits per heavy atom. The molecule has 1 unspecified atom stereocenters. The van der Waals surface area contributed by atoms with Crippen molar-refractivity contribution in [2.75, 3.05) is 13.1 Å². The Hall–Kier alpha value is -1.93. The van der Waals surface area contributed by atoms with Gasteiger partial charge in [0.05, 0.1) is 0 Å². The number of pyridine rings is 1. The Morgan fingerprint density at radius 1 is 1.09 bits per heavy atom. The van der Waals surface area contributed by atoms with E-state index >= 15 is 0 Å². The van der Waals surface area contributed by atoms with Crippen LogP contribution in [0.3, 0.4) is 0 Å². The molecule has 0 saturated heterocycles. The van der Waals surface area contributed by atoms with E-state index < -0.39 is 0 Å². The number of hydrogen-bond donors (Lipinski definition) is 1. The molecular weight excluding hydrogens is 268 g/mol. The second-order valence-corrected chi connectivity index (χ2v) is 5.97. The predicted octanol–water partition coefficient (Wildman–Crippen LogP) is 4.10. The van der Waals surface area contributed by atoms with Gasteiger partial charge in [-0.15, -0.1) is 0 Å². The second-order valence-electron chi connectivity index (χ2n) is 5.97. The van der Waals surface area contributed by atoms with Crippen LogP contribution >= 0.6 is 0 Å². The minimum Gasteiger partial charge on any atom is -0.316 e. The van der Waals surface area contributed by atoms with Crippen LogP contribution < -0.4 is 5.32 Å². The average Bonchev–Trinajstić information content (AvgIpc) is 2.61. The van der Waals surface area contributed by atoms with Crippen molar-refractivity contribution in [3.8, 4) is 0 Å². The van der Waals surface area contributed by atoms with E-state index in [-0.39, 0.29) is 0 Å². The second kappa shape index (κ2) is 7.90. The molecule has 1 heterocycles. The van der Waals surface area contributed by atoms with Gasteiger partial charge in [0.2, 0.25) is 0 Å². The summed E-state index contributed by atoms with van der Waals surface area (Å²) in [6, 6.07) is 14.9. The fourth-order valence-electron chi connectivity index (χ4n) is 3.20. The van der Waals surface area contributed by atoms with Crippen LogP contribution in [0, 0.1) is 5.92 Å². The van der Waals surface area contributed by atoms with Crippen LogP contribution in [0.25, 0.3) is 5.57 Å². The van der Waals surface area contributed by atoms with Crippen molar-refractivity contribution < 1.29 is 0 Å². The Kier molecular flexibility index (Phi) is 5.38. The minimum atomic E-state index is 0.619. The third kappa shape index (κ3) is 4.05. The highest BCUT2D eigenvalue weighted by Gasteiger charge is 2.18. The van der Waals surface area contributed by atoms with Crippen molar-refractivity contribution >= 4 is 5.57 Å². The molecule has 2 nitrogen and oxygen atoms in total. The van der Waals surface area contributed by atoms with Crippen LogP contribution in [0.15, 0.2) is 60.9 Å². The highest BCUT2D eigenvalue weighted by molar-refractivity contribution is 5.67. The van der Waals surface area contributed by atoms with Crippen LogP contribution in [0.2, 0.25) is 0 Å². The van der Waals surface area contributed by atoms with Gasteiger partial charge in [-0.1, -0.05) is 42.5 Å². The molecule has 1 aromatic carbocycles. The van der Waals surface area contributed by atoms with Crippen molar-refractivity contribution in [3.05, 3.63) is 72.1 Å². The van der Waals surface area contributed by atoms with Gasteiger partial charge in [-0.3, -0.25) is 4.98 Å². The lowest BCUT2D eigenvalue weighted by Crippen LogP contribution is -2.27. The van der Waals surface area contributed by atoms with Crippen LogP contribution in [-0.2, 0) is 6.42 Å². The van der Waals surface area contributed by atoms with E-state index in [0.717, 1.165) is 19.5 Å². The summed E-state index contributed by atoms with van der Waals surface area (Å²) in [7, 11) is 0. The zero-order valence-corrected chi connectivity index (χ0v) is 13.0. The fourth-order valence-corrected chi connectivity index (χ4v) is 3.20. The lowest BCUT2D eigenvalue weighted by molar-refractivity contribution is 0.508. The first kappa shape index (κ1) is 15.0. The number of benzene rings is 1. The predicted molar refractivity (Wildman–Crippen MR) is 92.6 cm³/mol. The molecule has 1 N–H and O–H groups in total. The van der Waals surface area contributed by atoms with E-state index in [4.69, 9.17) is 0 Å². The molecule has 0 fully saturated rings. The molecule has 22 heavy (non-hydrogen) atoms. The number of nitrogens with one attached hydrogen (secondary N) is 1. The van der Waals surface area contributed by atoms with Gasteiger partial charge < -0.3 is 5.32 Å². The standard InChI is InChI=1S/C20H24N2/c1-2-7-17(8-3-1)12-14-22-16-18-9-4-5-11-20(18)19-10-6-13-21-15-19/h1-3,6-8,10-11,13,15,18,22H,4-5,9,12,14,16H2. The molecular formula is C20H24N2. The summed E-state index contributed by atoms with van der Waals surface area (Å²) in [5, 5.41) is 3.64. The fraction of sp³-hybridized carbons (Fsp3) is 0.350. The van der Waals surface area contributed by atoms with E-state index in [1.54, 1.807) is 0 Å². The maximum atomic E-state index is 4.27. The van der Waals surface area contributed by atoms with Crippen LogP contribution in [0.5, 0.6) is 0 Å². The van der Waals surface area contributed by atoms with E-state index in [2.05, 4.69) is 52.8 Å². The smallest absolute Gasteiger partial charge is 0.0343 e. The molecule has 0 amide bonds. The Labute approximate surface area is 133 Å². The van der Waals surface area contributed by atoms with Gasteiger partial charge in [-0.25, -0.2) is 0 Å². The van der Waals surface area contributed by atoms with Gasteiger partial charge in [0.15, 0.2) is 0 Å². The number of rotatable bonds is 6. The van der Waals surface area contributed by atoms with Gasteiger partial charge in [-0.2, -0.15) is 0 Å². The summed E-state index contributed by atoms with van der Waals surface area (Å²) in [6.07, 6.45) is 11.1. The largest absolute Gasteiger partial charge is 0.316 e. The quantitative estimate of drug-likeness (QED) is 0.811. The Balaban J connectivity index is 1.53. The molecule has 1 aliphatic carbocycles. The minimum absolute atomic E-state index is 0.619. The number of nitrogens with zero attached hydrogens (tertiary/aromatic N) is 1. The Morgan fingerprint density at radius 3 is 2.82 bits per heavy atom. The summed E-state index contributed by atoms with van der Waals surface area (Å²) in [5.74, 6) is 0.619. The van der Waals surface area contributed by atoms with Crippen molar-refractivity contribution in [1.29, 1.82) is 0 Å². The van der Waals surface area contributed by atoms with E-state index in [1.165, 1.54) is 36.0 Å². The number of aromatic nitrogens is 1. The highest BCUT2D eigenvalue weighted by atomic mass is 14.9. The van der Waals surface area contributed by atoms with Gasteiger partial charge in [-0.05, 0) is 60.9 Å². The first-order valence-electron chi connectivity index (χ1n) is 8.28. The molecule has 3 rings (SSSR count). The summed E-state index contributed by atoms with van der Waals surface area (Å²) in [4.78, 5) is 4.27. The van der Waals surface area contributed by atoms with Gasteiger partial charge in [0.25, 0.3) is 0 Å². The van der Waals surface area contributed by atoms with Crippen LogP contribution in [0.1, 0.15) is 30.4 Å². The highest BCUT2D eigenvalue weighted by Crippen LogP contribution is 2.31. The van der Waals surface area contributed by atoms with Crippen LogP contribution in [-0.4, -0.2) is 18.1 Å². The molecule has 1 aliphatic rings. The molecule has 0 bridgehead atoms. The third-order valence-corrected chi connectivity index (χ3v) is 4.38. The SMILES string of the molecule is C1=C(c2cccnc2)C(CNCCc2ccccc2)CCC1. The first-order valence-corrected chi connectivity index (χ1v) is 8.28. The van der Waals surface area contributed by atoms with Crippen molar-refractivity contribution in [2.45, 2.75) is 25.7 Å². The van der Waals surface area contributed by atoms with Gasteiger partial charge in [0.1, 0.15) is 0 Å². The van der Waals surface area contributed by atoms with Crippen molar-refractivity contribution in [1.82, 2.24) is 10.3 Å². The Bertz CT molecular complexity index is 590. The maximum Gasteiger partial charge on any atom is 0.0343 e. The van der Waals surface area contributed by atoms with Gasteiger partial charge in [0, 0.05) is 18.9 Å². The molecule has 0 saturated carbocycles. The molecule has 114 valence electrons. The molecule has 0 aliphatic heterocycles. The van der Waals surface area contributed by atoms with Crippen LogP contribution in [0.4, 0.5) is 0 Å². The van der Waals surface area contributed by atoms with E-state index in [0.29, 0.717) is 5.92 Å². The topological polar surface area (TPSA) is 24.9 Å². The van der Waals surface area contributed by atoms with E-state index in [1.807, 2.05) is 18.5 Å². The average molecular weight is 292 g/mol. The molecule has 0 spiro atoms. The summed E-state index contributed by atoms with van der Waals surface area (Å²) < 4.78 is 0. The lowest BCUT2D eigenvalue weighted by Gasteiger charge is -2.25. The van der Waals surface area contributed by atoms with E-state index in [9.17, 15) is 0 Å². The normalized spacial score (nSPS) is 18.0. The molecule has 1 atom stereocenters. The zero-order chi connectivity index (χ0) is 15.0. The summed E-state index contributed by atoms with van der Waals surface area (Å²) >= 11 is 0. The lowest BCUT2D eigenvalue weighted by atomic mass is 9.84.